The predicted octanol–water partition coefficient (Wildman–Crippen LogP) is 3.61. The van der Waals surface area contributed by atoms with Gasteiger partial charge in [0.05, 0.1) is 5.02 Å². The van der Waals surface area contributed by atoms with Crippen LogP contribution in [0.25, 0.3) is 0 Å². The van der Waals surface area contributed by atoms with E-state index < -0.39 is 0 Å². The molecule has 0 amide bonds. The molecule has 0 unspecified atom stereocenters. The van der Waals surface area contributed by atoms with Gasteiger partial charge in [-0.05, 0) is 44.1 Å². The van der Waals surface area contributed by atoms with Gasteiger partial charge in [-0.2, -0.15) is 0 Å². The molecule has 0 spiro atoms. The van der Waals surface area contributed by atoms with Crippen molar-refractivity contribution in [3.05, 3.63) is 23.2 Å². The third-order valence-corrected chi connectivity index (χ3v) is 2.76. The first kappa shape index (κ1) is 15.6. The van der Waals surface area contributed by atoms with Gasteiger partial charge in [0.25, 0.3) is 0 Å². The van der Waals surface area contributed by atoms with Gasteiger partial charge in [0.2, 0.25) is 0 Å². The second-order valence-corrected chi connectivity index (χ2v) is 4.06. The monoisotopic (exact) mass is 260 g/mol. The van der Waals surface area contributed by atoms with Crippen molar-refractivity contribution in [2.75, 3.05) is 18.8 Å². The number of halogens is 1. The number of nitrogens with one attached hydrogen (secondary N) is 1. The van der Waals surface area contributed by atoms with Crippen LogP contribution >= 0.6 is 24.2 Å². The smallest absolute Gasteiger partial charge is 0.0559 e. The number of nitrogen functional groups attached to an aromatic ring is 1. The van der Waals surface area contributed by atoms with E-state index >= 15 is 0 Å². The summed E-state index contributed by atoms with van der Waals surface area (Å²) in [5, 5.41) is 3.82. The Hall–Kier alpha value is -0.380. The van der Waals surface area contributed by atoms with E-state index in [2.05, 4.69) is 17.9 Å². The Balaban J connectivity index is 0.000000272. The van der Waals surface area contributed by atoms with Crippen molar-refractivity contribution < 1.29 is 0 Å². The summed E-state index contributed by atoms with van der Waals surface area (Å²) < 4.78 is 0. The molecule has 2 nitrogen and oxygen atoms in total. The zero-order valence-electron chi connectivity index (χ0n) is 9.96. The summed E-state index contributed by atoms with van der Waals surface area (Å²) >= 11 is 9.72. The Kier molecular flexibility index (Phi) is 9.59. The van der Waals surface area contributed by atoms with Crippen molar-refractivity contribution in [3.63, 3.8) is 0 Å². The zero-order chi connectivity index (χ0) is 12.4. The summed E-state index contributed by atoms with van der Waals surface area (Å²) in [4.78, 5) is 0.755. The molecule has 0 aliphatic carbocycles. The fourth-order valence-electron chi connectivity index (χ4n) is 1.15. The summed E-state index contributed by atoms with van der Waals surface area (Å²) in [7, 11) is 0. The van der Waals surface area contributed by atoms with Gasteiger partial charge in [0, 0.05) is 10.6 Å². The molecule has 1 fully saturated rings. The fourth-order valence-corrected chi connectivity index (χ4v) is 1.48. The van der Waals surface area contributed by atoms with Gasteiger partial charge < -0.3 is 11.1 Å². The topological polar surface area (TPSA) is 38.0 Å². The summed E-state index contributed by atoms with van der Waals surface area (Å²) in [5.41, 5.74) is 6.07. The maximum atomic E-state index is 5.66. The SMILES string of the molecule is C1CCNC1.CC.Nc1ccc(S)c(Cl)c1. The van der Waals surface area contributed by atoms with Crippen molar-refractivity contribution in [2.24, 2.45) is 0 Å². The molecule has 1 aliphatic heterocycles. The molecular weight excluding hydrogens is 240 g/mol. The highest BCUT2D eigenvalue weighted by atomic mass is 35.5. The van der Waals surface area contributed by atoms with E-state index in [1.165, 1.54) is 25.9 Å². The first-order valence-electron chi connectivity index (χ1n) is 5.65. The van der Waals surface area contributed by atoms with E-state index in [4.69, 9.17) is 17.3 Å². The fraction of sp³-hybridized carbons (Fsp3) is 0.500. The number of anilines is 1. The molecule has 1 heterocycles. The maximum absolute atomic E-state index is 5.66. The van der Waals surface area contributed by atoms with Crippen LogP contribution in [0.15, 0.2) is 23.1 Å². The number of thiol groups is 1. The average Bonchev–Trinajstić information content (AvgIpc) is 2.85. The lowest BCUT2D eigenvalue weighted by atomic mass is 10.3. The van der Waals surface area contributed by atoms with Crippen LogP contribution in [0.2, 0.25) is 5.02 Å². The van der Waals surface area contributed by atoms with Gasteiger partial charge in [-0.25, -0.2) is 0 Å². The maximum Gasteiger partial charge on any atom is 0.0559 e. The zero-order valence-corrected chi connectivity index (χ0v) is 11.6. The van der Waals surface area contributed by atoms with Crippen LogP contribution in [0.5, 0.6) is 0 Å². The Bertz CT molecular complexity index is 281. The van der Waals surface area contributed by atoms with Crippen LogP contribution < -0.4 is 11.1 Å². The lowest BCUT2D eigenvalue weighted by Gasteiger charge is -1.95. The molecule has 0 atom stereocenters. The van der Waals surface area contributed by atoms with Crippen LogP contribution in [0.4, 0.5) is 5.69 Å². The summed E-state index contributed by atoms with van der Waals surface area (Å²) in [6, 6.07) is 5.19. The average molecular weight is 261 g/mol. The van der Waals surface area contributed by atoms with Crippen LogP contribution in [0.3, 0.4) is 0 Å². The lowest BCUT2D eigenvalue weighted by Crippen LogP contribution is -2.03. The van der Waals surface area contributed by atoms with Crippen LogP contribution in [-0.2, 0) is 0 Å². The minimum absolute atomic E-state index is 0.596. The lowest BCUT2D eigenvalue weighted by molar-refractivity contribution is 0.857. The molecule has 0 bridgehead atoms. The molecule has 92 valence electrons. The number of rotatable bonds is 0. The standard InChI is InChI=1S/C6H6ClNS.C4H9N.C2H6/c7-5-3-4(8)1-2-6(5)9;1-2-4-5-3-1;1-2/h1-3,9H,8H2;5H,1-4H2;1-2H3. The van der Waals surface area contributed by atoms with Crippen LogP contribution in [-0.4, -0.2) is 13.1 Å². The van der Waals surface area contributed by atoms with E-state index in [1.54, 1.807) is 18.2 Å². The van der Waals surface area contributed by atoms with Gasteiger partial charge in [0.15, 0.2) is 0 Å². The van der Waals surface area contributed by atoms with Crippen LogP contribution in [0, 0.1) is 0 Å². The first-order valence-corrected chi connectivity index (χ1v) is 6.47. The Labute approximate surface area is 109 Å². The van der Waals surface area contributed by atoms with Gasteiger partial charge in [-0.1, -0.05) is 25.4 Å². The molecule has 1 aromatic rings. The van der Waals surface area contributed by atoms with Crippen molar-refractivity contribution in [1.29, 1.82) is 0 Å². The Morgan fingerprint density at radius 3 is 2.12 bits per heavy atom. The first-order chi connectivity index (χ1) is 7.70. The normalized spacial score (nSPS) is 13.2. The highest BCUT2D eigenvalue weighted by Gasteiger charge is 1.93. The second kappa shape index (κ2) is 9.82. The van der Waals surface area contributed by atoms with E-state index in [-0.39, 0.29) is 0 Å². The Morgan fingerprint density at radius 1 is 1.25 bits per heavy atom. The summed E-state index contributed by atoms with van der Waals surface area (Å²) in [6.07, 6.45) is 2.78. The van der Waals surface area contributed by atoms with Gasteiger partial charge in [0.1, 0.15) is 0 Å². The van der Waals surface area contributed by atoms with E-state index in [0.29, 0.717) is 10.7 Å². The molecular formula is C12H21ClN2S. The summed E-state index contributed by atoms with van der Waals surface area (Å²) in [5.74, 6) is 0. The molecule has 0 radical (unpaired) electrons. The third-order valence-electron chi connectivity index (χ3n) is 1.93. The highest BCUT2D eigenvalue weighted by Crippen LogP contribution is 2.21. The van der Waals surface area contributed by atoms with E-state index in [9.17, 15) is 0 Å². The Morgan fingerprint density at radius 2 is 1.81 bits per heavy atom. The van der Waals surface area contributed by atoms with Gasteiger partial charge >= 0.3 is 0 Å². The van der Waals surface area contributed by atoms with Crippen molar-refractivity contribution in [1.82, 2.24) is 5.32 Å². The molecule has 1 saturated heterocycles. The van der Waals surface area contributed by atoms with E-state index in [0.717, 1.165) is 4.90 Å². The van der Waals surface area contributed by atoms with Crippen molar-refractivity contribution in [2.45, 2.75) is 31.6 Å². The summed E-state index contributed by atoms with van der Waals surface area (Å²) in [6.45, 7) is 6.50. The van der Waals surface area contributed by atoms with Crippen molar-refractivity contribution >= 4 is 29.9 Å². The predicted molar refractivity (Wildman–Crippen MR) is 76.6 cm³/mol. The minimum Gasteiger partial charge on any atom is -0.399 e. The molecule has 1 aromatic carbocycles. The molecule has 4 heteroatoms. The van der Waals surface area contributed by atoms with E-state index in [1.807, 2.05) is 13.8 Å². The van der Waals surface area contributed by atoms with Crippen LogP contribution in [0.1, 0.15) is 26.7 Å². The molecule has 0 saturated carbocycles. The number of nitrogens with two attached hydrogens (primary N) is 1. The number of hydrogen-bond donors (Lipinski definition) is 3. The van der Waals surface area contributed by atoms with Crippen molar-refractivity contribution in [3.8, 4) is 0 Å². The number of benzene rings is 1. The van der Waals surface area contributed by atoms with Gasteiger partial charge in [-0.15, -0.1) is 12.6 Å². The van der Waals surface area contributed by atoms with Gasteiger partial charge in [-0.3, -0.25) is 0 Å². The minimum atomic E-state index is 0.596. The molecule has 2 rings (SSSR count). The number of hydrogen-bond acceptors (Lipinski definition) is 3. The molecule has 3 N–H and O–H groups in total. The third kappa shape index (κ3) is 6.99. The highest BCUT2D eigenvalue weighted by molar-refractivity contribution is 7.80. The second-order valence-electron chi connectivity index (χ2n) is 3.17. The molecule has 1 aliphatic rings. The molecule has 16 heavy (non-hydrogen) atoms. The largest absolute Gasteiger partial charge is 0.399 e. The molecule has 0 aromatic heterocycles. The quantitative estimate of drug-likeness (QED) is 0.493.